The quantitative estimate of drug-likeness (QED) is 0.341. The normalized spacial score (nSPS) is 15.5. The molecule has 1 atom stereocenters. The van der Waals surface area contributed by atoms with Gasteiger partial charge in [-0.3, -0.25) is 9.79 Å². The maximum Gasteiger partial charge on any atom is 0.289 e. The van der Waals surface area contributed by atoms with Crippen molar-refractivity contribution in [2.24, 2.45) is 10.9 Å². The Kier molecular flexibility index (Phi) is 10.2. The Morgan fingerprint density at radius 3 is 2.47 bits per heavy atom. The molecule has 1 aromatic carbocycles. The number of furan rings is 1. The molecular formula is C22H31IN4O3. The zero-order valence-corrected chi connectivity index (χ0v) is 20.0. The SMILES string of the molecule is CN=C(NCC(C)COCc1ccccc1)N1CCN(C(=O)c2ccco2)CC1.I. The summed E-state index contributed by atoms with van der Waals surface area (Å²) in [6, 6.07) is 13.6. The number of carbonyl (C=O) groups excluding carboxylic acids is 1. The highest BCUT2D eigenvalue weighted by Crippen LogP contribution is 2.10. The molecule has 2 heterocycles. The third-order valence-electron chi connectivity index (χ3n) is 4.93. The Morgan fingerprint density at radius 1 is 1.13 bits per heavy atom. The van der Waals surface area contributed by atoms with Gasteiger partial charge in [0.25, 0.3) is 5.91 Å². The van der Waals surface area contributed by atoms with Crippen LogP contribution in [0.5, 0.6) is 0 Å². The van der Waals surface area contributed by atoms with Gasteiger partial charge >= 0.3 is 0 Å². The predicted molar refractivity (Wildman–Crippen MR) is 128 cm³/mol. The number of aliphatic imine (C=N–C) groups is 1. The standard InChI is InChI=1S/C22H30N4O3.HI/c1-18(16-28-17-19-7-4-3-5-8-19)15-24-22(23-2)26-12-10-25(11-13-26)21(27)20-9-6-14-29-20;/h3-9,14,18H,10-13,15-17H2,1-2H3,(H,23,24);1H. The molecule has 3 rings (SSSR count). The van der Waals surface area contributed by atoms with Crippen LogP contribution in [0, 0.1) is 5.92 Å². The second-order valence-electron chi connectivity index (χ2n) is 7.29. The van der Waals surface area contributed by atoms with Crippen LogP contribution in [0.1, 0.15) is 23.0 Å². The minimum atomic E-state index is -0.0539. The molecule has 7 nitrogen and oxygen atoms in total. The molecule has 0 saturated carbocycles. The fraction of sp³-hybridized carbons (Fsp3) is 0.455. The van der Waals surface area contributed by atoms with Crippen molar-refractivity contribution >= 4 is 35.8 Å². The first-order valence-electron chi connectivity index (χ1n) is 10.1. The van der Waals surface area contributed by atoms with Gasteiger partial charge in [-0.2, -0.15) is 0 Å². The number of nitrogens with one attached hydrogen (secondary N) is 1. The fourth-order valence-corrected chi connectivity index (χ4v) is 3.29. The van der Waals surface area contributed by atoms with Crippen molar-refractivity contribution < 1.29 is 13.9 Å². The highest BCUT2D eigenvalue weighted by atomic mass is 127. The van der Waals surface area contributed by atoms with Gasteiger partial charge in [0.2, 0.25) is 0 Å². The average molecular weight is 526 g/mol. The summed E-state index contributed by atoms with van der Waals surface area (Å²) >= 11 is 0. The lowest BCUT2D eigenvalue weighted by atomic mass is 10.2. The van der Waals surface area contributed by atoms with Crippen LogP contribution in [0.2, 0.25) is 0 Å². The van der Waals surface area contributed by atoms with Crippen molar-refractivity contribution in [3.63, 3.8) is 0 Å². The first-order valence-corrected chi connectivity index (χ1v) is 10.1. The third-order valence-corrected chi connectivity index (χ3v) is 4.93. The number of ether oxygens (including phenoxy) is 1. The topological polar surface area (TPSA) is 70.3 Å². The zero-order chi connectivity index (χ0) is 20.5. The molecule has 2 aromatic rings. The molecule has 8 heteroatoms. The Hall–Kier alpha value is -2.07. The molecule has 1 amide bonds. The number of hydrogen-bond acceptors (Lipinski definition) is 4. The molecule has 0 radical (unpaired) electrons. The van der Waals surface area contributed by atoms with E-state index in [1.807, 2.05) is 23.1 Å². The Morgan fingerprint density at radius 2 is 1.83 bits per heavy atom. The molecule has 0 bridgehead atoms. The second-order valence-corrected chi connectivity index (χ2v) is 7.29. The van der Waals surface area contributed by atoms with Crippen LogP contribution in [0.3, 0.4) is 0 Å². The molecule has 1 N–H and O–H groups in total. The number of hydrogen-bond donors (Lipinski definition) is 1. The summed E-state index contributed by atoms with van der Waals surface area (Å²) in [5.74, 6) is 1.56. The maximum absolute atomic E-state index is 12.4. The van der Waals surface area contributed by atoms with E-state index in [4.69, 9.17) is 9.15 Å². The lowest BCUT2D eigenvalue weighted by molar-refractivity contribution is 0.0656. The molecular weight excluding hydrogens is 495 g/mol. The lowest BCUT2D eigenvalue weighted by Gasteiger charge is -2.36. The van der Waals surface area contributed by atoms with Crippen molar-refractivity contribution in [3.8, 4) is 0 Å². The highest BCUT2D eigenvalue weighted by molar-refractivity contribution is 14.0. The molecule has 0 spiro atoms. The molecule has 1 fully saturated rings. The van der Waals surface area contributed by atoms with E-state index >= 15 is 0 Å². The van der Waals surface area contributed by atoms with E-state index in [9.17, 15) is 4.79 Å². The summed E-state index contributed by atoms with van der Waals surface area (Å²) in [4.78, 5) is 20.8. The van der Waals surface area contributed by atoms with E-state index < -0.39 is 0 Å². The van der Waals surface area contributed by atoms with E-state index in [0.29, 0.717) is 38.0 Å². The third kappa shape index (κ3) is 7.02. The first kappa shape index (κ1) is 24.2. The second kappa shape index (κ2) is 12.6. The number of nitrogens with zero attached hydrogens (tertiary/aromatic N) is 3. The van der Waals surface area contributed by atoms with Gasteiger partial charge in [0, 0.05) is 39.8 Å². The lowest BCUT2D eigenvalue weighted by Crippen LogP contribution is -2.54. The molecule has 1 unspecified atom stereocenters. The molecule has 1 aliphatic heterocycles. The highest BCUT2D eigenvalue weighted by Gasteiger charge is 2.25. The number of piperazine rings is 1. The summed E-state index contributed by atoms with van der Waals surface area (Å²) in [6.07, 6.45) is 1.53. The van der Waals surface area contributed by atoms with Crippen molar-refractivity contribution in [1.82, 2.24) is 15.1 Å². The average Bonchev–Trinajstić information content (AvgIpc) is 3.30. The maximum atomic E-state index is 12.4. The largest absolute Gasteiger partial charge is 0.459 e. The summed E-state index contributed by atoms with van der Waals surface area (Å²) in [6.45, 7) is 7.04. The summed E-state index contributed by atoms with van der Waals surface area (Å²) in [5.41, 5.74) is 1.19. The van der Waals surface area contributed by atoms with Crippen molar-refractivity contribution in [2.75, 3.05) is 46.4 Å². The molecule has 0 aliphatic carbocycles. The van der Waals surface area contributed by atoms with E-state index in [-0.39, 0.29) is 29.9 Å². The zero-order valence-electron chi connectivity index (χ0n) is 17.6. The minimum absolute atomic E-state index is 0. The van der Waals surface area contributed by atoms with Gasteiger partial charge in [-0.15, -0.1) is 24.0 Å². The van der Waals surface area contributed by atoms with Gasteiger partial charge in [0.15, 0.2) is 11.7 Å². The number of benzene rings is 1. The van der Waals surface area contributed by atoms with Crippen LogP contribution in [0.15, 0.2) is 58.1 Å². The smallest absolute Gasteiger partial charge is 0.289 e. The van der Waals surface area contributed by atoms with Crippen molar-refractivity contribution in [3.05, 3.63) is 60.1 Å². The van der Waals surface area contributed by atoms with Gasteiger partial charge in [-0.1, -0.05) is 37.3 Å². The van der Waals surface area contributed by atoms with Crippen LogP contribution in [0.4, 0.5) is 0 Å². The van der Waals surface area contributed by atoms with Crippen LogP contribution in [-0.2, 0) is 11.3 Å². The van der Waals surface area contributed by atoms with Crippen LogP contribution in [0.25, 0.3) is 0 Å². The van der Waals surface area contributed by atoms with Gasteiger partial charge in [-0.25, -0.2) is 0 Å². The summed E-state index contributed by atoms with van der Waals surface area (Å²) in [5, 5.41) is 3.43. The van der Waals surface area contributed by atoms with Crippen LogP contribution >= 0.6 is 24.0 Å². The Bertz CT molecular complexity index is 775. The molecule has 1 aliphatic rings. The van der Waals surface area contributed by atoms with Crippen molar-refractivity contribution in [1.29, 1.82) is 0 Å². The van der Waals surface area contributed by atoms with E-state index in [1.54, 1.807) is 19.2 Å². The summed E-state index contributed by atoms with van der Waals surface area (Å²) < 4.78 is 11.0. The molecule has 1 saturated heterocycles. The number of carbonyl (C=O) groups is 1. The molecule has 164 valence electrons. The van der Waals surface area contributed by atoms with Gasteiger partial charge in [0.1, 0.15) is 0 Å². The van der Waals surface area contributed by atoms with Gasteiger partial charge < -0.3 is 24.3 Å². The van der Waals surface area contributed by atoms with Gasteiger partial charge in [0.05, 0.1) is 19.5 Å². The van der Waals surface area contributed by atoms with Crippen molar-refractivity contribution in [2.45, 2.75) is 13.5 Å². The molecule has 1 aromatic heterocycles. The Balaban J connectivity index is 0.00000320. The van der Waals surface area contributed by atoms with E-state index in [2.05, 4.69) is 34.3 Å². The monoisotopic (exact) mass is 526 g/mol. The van der Waals surface area contributed by atoms with Gasteiger partial charge in [-0.05, 0) is 23.6 Å². The predicted octanol–water partition coefficient (Wildman–Crippen LogP) is 3.08. The number of halogens is 1. The van der Waals surface area contributed by atoms with E-state index in [1.165, 1.54) is 11.8 Å². The van der Waals surface area contributed by atoms with E-state index in [0.717, 1.165) is 25.6 Å². The Labute approximate surface area is 195 Å². The number of amides is 1. The van der Waals surface area contributed by atoms with Crippen LogP contribution in [-0.4, -0.2) is 68.0 Å². The molecule has 30 heavy (non-hydrogen) atoms. The van der Waals surface area contributed by atoms with Crippen LogP contribution < -0.4 is 5.32 Å². The first-order chi connectivity index (χ1) is 14.2. The number of guanidine groups is 1. The summed E-state index contributed by atoms with van der Waals surface area (Å²) in [7, 11) is 1.79. The fourth-order valence-electron chi connectivity index (χ4n) is 3.29. The minimum Gasteiger partial charge on any atom is -0.459 e. The number of rotatable bonds is 7.